The molecule has 108 valence electrons. The van der Waals surface area contributed by atoms with Crippen LogP contribution in [0.4, 0.5) is 0 Å². The Kier molecular flexibility index (Phi) is 3.91. The van der Waals surface area contributed by atoms with Gasteiger partial charge in [-0.3, -0.25) is 0 Å². The zero-order valence-electron chi connectivity index (χ0n) is 11.8. The smallest absolute Gasteiger partial charge is 0.341 e. The Morgan fingerprint density at radius 2 is 2.00 bits per heavy atom. The summed E-state index contributed by atoms with van der Waals surface area (Å²) in [6, 6.07) is 16.5. The van der Waals surface area contributed by atoms with Gasteiger partial charge in [0.05, 0.1) is 0 Å². The van der Waals surface area contributed by atoms with Gasteiger partial charge < -0.3 is 9.84 Å². The first-order valence-electron chi connectivity index (χ1n) is 7.26. The maximum Gasteiger partial charge on any atom is 0.341 e. The molecule has 2 aromatic rings. The molecule has 0 saturated heterocycles. The van der Waals surface area contributed by atoms with E-state index in [9.17, 15) is 4.79 Å². The lowest BCUT2D eigenvalue weighted by Gasteiger charge is -2.26. The lowest BCUT2D eigenvalue weighted by atomic mass is 9.79. The van der Waals surface area contributed by atoms with Gasteiger partial charge in [0, 0.05) is 5.92 Å². The molecule has 3 rings (SSSR count). The van der Waals surface area contributed by atoms with Crippen molar-refractivity contribution >= 4 is 5.97 Å². The minimum absolute atomic E-state index is 0.291. The van der Waals surface area contributed by atoms with E-state index in [2.05, 4.69) is 30.3 Å². The molecule has 1 aliphatic carbocycles. The van der Waals surface area contributed by atoms with E-state index >= 15 is 0 Å². The van der Waals surface area contributed by atoms with Gasteiger partial charge in [0.25, 0.3) is 0 Å². The predicted molar refractivity (Wildman–Crippen MR) is 80.8 cm³/mol. The van der Waals surface area contributed by atoms with Crippen LogP contribution >= 0.6 is 0 Å². The highest BCUT2D eigenvalue weighted by Gasteiger charge is 2.22. The average molecular weight is 282 g/mol. The van der Waals surface area contributed by atoms with Crippen molar-refractivity contribution in [2.24, 2.45) is 0 Å². The van der Waals surface area contributed by atoms with Crippen molar-refractivity contribution in [1.29, 1.82) is 0 Å². The van der Waals surface area contributed by atoms with Gasteiger partial charge in [0.1, 0.15) is 5.75 Å². The van der Waals surface area contributed by atoms with E-state index < -0.39 is 5.97 Å². The minimum Gasteiger partial charge on any atom is -0.482 e. The molecule has 0 fully saturated rings. The molecule has 0 aliphatic heterocycles. The van der Waals surface area contributed by atoms with Crippen molar-refractivity contribution < 1.29 is 14.6 Å². The van der Waals surface area contributed by atoms with Gasteiger partial charge in [-0.15, -0.1) is 0 Å². The number of carbonyl (C=O) groups is 1. The predicted octanol–water partition coefficient (Wildman–Crippen LogP) is 3.62. The van der Waals surface area contributed by atoms with Gasteiger partial charge in [-0.05, 0) is 48.1 Å². The summed E-state index contributed by atoms with van der Waals surface area (Å²) in [6.07, 6.45) is 3.34. The third-order valence-electron chi connectivity index (χ3n) is 3.99. The van der Waals surface area contributed by atoms with Crippen molar-refractivity contribution in [3.63, 3.8) is 0 Å². The van der Waals surface area contributed by atoms with E-state index in [0.717, 1.165) is 19.3 Å². The summed E-state index contributed by atoms with van der Waals surface area (Å²) in [4.78, 5) is 10.6. The van der Waals surface area contributed by atoms with Crippen molar-refractivity contribution in [2.75, 3.05) is 6.61 Å². The summed E-state index contributed by atoms with van der Waals surface area (Å²) in [6.45, 7) is -0.291. The van der Waals surface area contributed by atoms with Crippen LogP contribution < -0.4 is 4.74 Å². The molecule has 0 spiro atoms. The van der Waals surface area contributed by atoms with Gasteiger partial charge >= 0.3 is 5.97 Å². The summed E-state index contributed by atoms with van der Waals surface area (Å²) in [5.74, 6) is 0.128. The van der Waals surface area contributed by atoms with E-state index in [-0.39, 0.29) is 6.61 Å². The van der Waals surface area contributed by atoms with Crippen LogP contribution in [0.1, 0.15) is 35.4 Å². The molecular weight excluding hydrogens is 264 g/mol. The SMILES string of the molecule is O=C(O)COc1ccc2c(c1)CCCC2c1ccccc1. The van der Waals surface area contributed by atoms with Crippen LogP contribution in [0.25, 0.3) is 0 Å². The van der Waals surface area contributed by atoms with Crippen LogP contribution in [-0.4, -0.2) is 17.7 Å². The largest absolute Gasteiger partial charge is 0.482 e. The third kappa shape index (κ3) is 3.07. The molecule has 1 atom stereocenters. The van der Waals surface area contributed by atoms with Gasteiger partial charge in [0.15, 0.2) is 6.61 Å². The molecule has 1 N–H and O–H groups in total. The molecule has 2 aromatic carbocycles. The number of benzene rings is 2. The summed E-state index contributed by atoms with van der Waals surface area (Å²) < 4.78 is 5.27. The van der Waals surface area contributed by atoms with Gasteiger partial charge in [-0.1, -0.05) is 36.4 Å². The number of fused-ring (bicyclic) bond motifs is 1. The first-order chi connectivity index (χ1) is 10.2. The quantitative estimate of drug-likeness (QED) is 0.931. The third-order valence-corrected chi connectivity index (χ3v) is 3.99. The Morgan fingerprint density at radius 1 is 1.19 bits per heavy atom. The van der Waals surface area contributed by atoms with E-state index in [4.69, 9.17) is 9.84 Å². The monoisotopic (exact) mass is 282 g/mol. The summed E-state index contributed by atoms with van der Waals surface area (Å²) in [5.41, 5.74) is 3.96. The van der Waals surface area contributed by atoms with E-state index in [1.807, 2.05) is 18.2 Å². The second kappa shape index (κ2) is 6.00. The Balaban J connectivity index is 1.87. The Bertz CT molecular complexity index is 634. The lowest BCUT2D eigenvalue weighted by molar-refractivity contribution is -0.139. The van der Waals surface area contributed by atoms with Crippen molar-refractivity contribution in [2.45, 2.75) is 25.2 Å². The fraction of sp³-hybridized carbons (Fsp3) is 0.278. The molecule has 0 aromatic heterocycles. The number of ether oxygens (including phenoxy) is 1. The zero-order valence-corrected chi connectivity index (χ0v) is 11.8. The zero-order chi connectivity index (χ0) is 14.7. The molecule has 21 heavy (non-hydrogen) atoms. The summed E-state index contributed by atoms with van der Waals surface area (Å²) >= 11 is 0. The molecule has 3 heteroatoms. The molecule has 0 bridgehead atoms. The maximum atomic E-state index is 10.6. The Labute approximate surface area is 124 Å². The van der Waals surface area contributed by atoms with E-state index in [1.165, 1.54) is 16.7 Å². The summed E-state index contributed by atoms with van der Waals surface area (Å²) in [7, 11) is 0. The molecule has 0 amide bonds. The van der Waals surface area contributed by atoms with Gasteiger partial charge in [0.2, 0.25) is 0 Å². The van der Waals surface area contributed by atoms with Crippen molar-refractivity contribution in [3.05, 3.63) is 65.2 Å². The second-order valence-electron chi connectivity index (χ2n) is 5.40. The molecule has 3 nitrogen and oxygen atoms in total. The Morgan fingerprint density at radius 3 is 2.76 bits per heavy atom. The summed E-state index contributed by atoms with van der Waals surface area (Å²) in [5, 5.41) is 8.68. The van der Waals surface area contributed by atoms with Crippen molar-refractivity contribution in [3.8, 4) is 5.75 Å². The van der Waals surface area contributed by atoms with Crippen LogP contribution in [-0.2, 0) is 11.2 Å². The molecule has 0 saturated carbocycles. The first kappa shape index (κ1) is 13.7. The van der Waals surface area contributed by atoms with Crippen LogP contribution in [0.5, 0.6) is 5.75 Å². The van der Waals surface area contributed by atoms with Crippen LogP contribution in [0, 0.1) is 0 Å². The molecule has 1 unspecified atom stereocenters. The molecule has 1 aliphatic rings. The molecule has 0 radical (unpaired) electrons. The van der Waals surface area contributed by atoms with Gasteiger partial charge in [-0.25, -0.2) is 4.79 Å². The highest BCUT2D eigenvalue weighted by Crippen LogP contribution is 2.37. The topological polar surface area (TPSA) is 46.5 Å². The number of carboxylic acids is 1. The van der Waals surface area contributed by atoms with E-state index in [0.29, 0.717) is 11.7 Å². The van der Waals surface area contributed by atoms with Crippen molar-refractivity contribution in [1.82, 2.24) is 0 Å². The average Bonchev–Trinajstić information content (AvgIpc) is 2.53. The number of carboxylic acid groups (broad SMARTS) is 1. The second-order valence-corrected chi connectivity index (χ2v) is 5.40. The van der Waals surface area contributed by atoms with Crippen LogP contribution in [0.2, 0.25) is 0 Å². The number of hydrogen-bond donors (Lipinski definition) is 1. The molecule has 0 heterocycles. The van der Waals surface area contributed by atoms with Crippen LogP contribution in [0.15, 0.2) is 48.5 Å². The van der Waals surface area contributed by atoms with Gasteiger partial charge in [-0.2, -0.15) is 0 Å². The Hall–Kier alpha value is -2.29. The lowest BCUT2D eigenvalue weighted by Crippen LogP contribution is -2.13. The molecular formula is C18H18O3. The fourth-order valence-electron chi connectivity index (χ4n) is 3.06. The highest BCUT2D eigenvalue weighted by atomic mass is 16.5. The normalized spacial score (nSPS) is 17.0. The number of rotatable bonds is 4. The highest BCUT2D eigenvalue weighted by molar-refractivity contribution is 5.68. The standard InChI is InChI=1S/C18H18O3/c19-18(20)12-21-15-9-10-17-14(11-15)7-4-8-16(17)13-5-2-1-3-6-13/h1-3,5-6,9-11,16H,4,7-8,12H2,(H,19,20). The number of aliphatic carboxylic acids is 1. The minimum atomic E-state index is -0.949. The maximum absolute atomic E-state index is 10.6. The first-order valence-corrected chi connectivity index (χ1v) is 7.26. The fourth-order valence-corrected chi connectivity index (χ4v) is 3.06. The number of aryl methyl sites for hydroxylation is 1. The van der Waals surface area contributed by atoms with E-state index in [1.54, 1.807) is 0 Å². The number of hydrogen-bond acceptors (Lipinski definition) is 2. The van der Waals surface area contributed by atoms with Crippen LogP contribution in [0.3, 0.4) is 0 Å².